The number of aryl methyl sites for hydroxylation is 1. The Kier molecular flexibility index (Phi) is 5.99. The molecule has 9 heteroatoms. The van der Waals surface area contributed by atoms with Gasteiger partial charge in [0.2, 0.25) is 0 Å². The molecule has 1 amide bonds. The van der Waals surface area contributed by atoms with Crippen LogP contribution in [0.4, 0.5) is 19.0 Å². The zero-order valence-corrected chi connectivity index (χ0v) is 17.9. The average Bonchev–Trinajstić information content (AvgIpc) is 3.20. The van der Waals surface area contributed by atoms with E-state index in [1.807, 2.05) is 13.0 Å². The summed E-state index contributed by atoms with van der Waals surface area (Å²) in [7, 11) is 1.57. The standard InChI is InChI=1S/C23H25F3N4O2/c1-14-11-20(30-13-19(23(24,25)26)29-21(30)12-14)27-16-5-7-17(8-6-16)28-22(31)15-3-9-18(32-2)10-4-15/h3-4,9-13,16-17,27H,5-8H2,1-2H3,(H,28,31). The van der Waals surface area contributed by atoms with Crippen molar-refractivity contribution in [1.29, 1.82) is 0 Å². The molecule has 2 N–H and O–H groups in total. The Morgan fingerprint density at radius 2 is 1.75 bits per heavy atom. The van der Waals surface area contributed by atoms with Gasteiger partial charge in [0, 0.05) is 23.8 Å². The molecular weight excluding hydrogens is 421 g/mol. The molecule has 0 atom stereocenters. The Balaban J connectivity index is 1.38. The number of pyridine rings is 1. The molecule has 1 saturated carbocycles. The van der Waals surface area contributed by atoms with Gasteiger partial charge in [-0.2, -0.15) is 13.2 Å². The molecule has 32 heavy (non-hydrogen) atoms. The van der Waals surface area contributed by atoms with Crippen LogP contribution in [-0.2, 0) is 6.18 Å². The van der Waals surface area contributed by atoms with Crippen LogP contribution >= 0.6 is 0 Å². The van der Waals surface area contributed by atoms with Gasteiger partial charge in [-0.3, -0.25) is 9.20 Å². The highest BCUT2D eigenvalue weighted by molar-refractivity contribution is 5.94. The second-order valence-corrected chi connectivity index (χ2v) is 8.16. The highest BCUT2D eigenvalue weighted by Crippen LogP contribution is 2.31. The van der Waals surface area contributed by atoms with Crippen molar-refractivity contribution in [3.8, 4) is 5.75 Å². The summed E-state index contributed by atoms with van der Waals surface area (Å²) < 4.78 is 45.8. The number of hydrogen-bond acceptors (Lipinski definition) is 4. The fourth-order valence-electron chi connectivity index (χ4n) is 4.07. The van der Waals surface area contributed by atoms with E-state index in [0.717, 1.165) is 37.4 Å². The summed E-state index contributed by atoms with van der Waals surface area (Å²) in [6, 6.07) is 10.6. The number of alkyl halides is 3. The molecule has 1 fully saturated rings. The fourth-order valence-corrected chi connectivity index (χ4v) is 4.07. The van der Waals surface area contributed by atoms with Gasteiger partial charge in [-0.1, -0.05) is 0 Å². The van der Waals surface area contributed by atoms with E-state index in [1.54, 1.807) is 37.4 Å². The lowest BCUT2D eigenvalue weighted by atomic mass is 9.91. The van der Waals surface area contributed by atoms with Crippen molar-refractivity contribution in [3.63, 3.8) is 0 Å². The van der Waals surface area contributed by atoms with Gasteiger partial charge in [0.25, 0.3) is 5.91 Å². The lowest BCUT2D eigenvalue weighted by Crippen LogP contribution is -2.40. The number of amides is 1. The van der Waals surface area contributed by atoms with Crippen LogP contribution in [0.2, 0.25) is 0 Å². The fraction of sp³-hybridized carbons (Fsp3) is 0.391. The van der Waals surface area contributed by atoms with Gasteiger partial charge in [0.15, 0.2) is 5.69 Å². The maximum Gasteiger partial charge on any atom is 0.434 e. The molecule has 0 spiro atoms. The summed E-state index contributed by atoms with van der Waals surface area (Å²) in [4.78, 5) is 16.2. The molecule has 1 aromatic carbocycles. The van der Waals surface area contributed by atoms with Crippen LogP contribution in [0, 0.1) is 6.92 Å². The van der Waals surface area contributed by atoms with Gasteiger partial charge in [-0.25, -0.2) is 4.98 Å². The second kappa shape index (κ2) is 8.72. The SMILES string of the molecule is COc1ccc(C(=O)NC2CCC(Nc3cc(C)cc4nc(C(F)(F)F)cn34)CC2)cc1. The van der Waals surface area contributed by atoms with Crippen LogP contribution in [-0.4, -0.2) is 34.5 Å². The quantitative estimate of drug-likeness (QED) is 0.590. The summed E-state index contributed by atoms with van der Waals surface area (Å²) in [5.41, 5.74) is 0.768. The van der Waals surface area contributed by atoms with Crippen molar-refractivity contribution in [2.24, 2.45) is 0 Å². The van der Waals surface area contributed by atoms with E-state index >= 15 is 0 Å². The van der Waals surface area contributed by atoms with E-state index in [0.29, 0.717) is 17.1 Å². The molecule has 0 bridgehead atoms. The predicted molar refractivity (Wildman–Crippen MR) is 115 cm³/mol. The summed E-state index contributed by atoms with van der Waals surface area (Å²) >= 11 is 0. The minimum atomic E-state index is -4.49. The lowest BCUT2D eigenvalue weighted by Gasteiger charge is -2.30. The molecule has 2 heterocycles. The van der Waals surface area contributed by atoms with Gasteiger partial charge in [-0.05, 0) is 74.6 Å². The first-order valence-corrected chi connectivity index (χ1v) is 10.5. The van der Waals surface area contributed by atoms with E-state index in [4.69, 9.17) is 4.74 Å². The van der Waals surface area contributed by atoms with E-state index in [-0.39, 0.29) is 23.6 Å². The number of rotatable bonds is 5. The number of imidazole rings is 1. The number of nitrogens with zero attached hydrogens (tertiary/aromatic N) is 2. The van der Waals surface area contributed by atoms with Crippen molar-refractivity contribution >= 4 is 17.4 Å². The van der Waals surface area contributed by atoms with Crippen molar-refractivity contribution in [3.05, 3.63) is 59.4 Å². The summed E-state index contributed by atoms with van der Waals surface area (Å²) in [6.07, 6.45) is -0.304. The molecule has 3 aromatic rings. The third-order valence-electron chi connectivity index (χ3n) is 5.77. The Labute approximate surface area is 183 Å². The van der Waals surface area contributed by atoms with Crippen molar-refractivity contribution in [2.75, 3.05) is 12.4 Å². The Morgan fingerprint density at radius 3 is 2.38 bits per heavy atom. The van der Waals surface area contributed by atoms with Gasteiger partial charge in [0.05, 0.1) is 7.11 Å². The van der Waals surface area contributed by atoms with Gasteiger partial charge in [-0.15, -0.1) is 0 Å². The minimum Gasteiger partial charge on any atom is -0.497 e. The number of anilines is 1. The first-order valence-electron chi connectivity index (χ1n) is 10.5. The molecule has 0 aliphatic heterocycles. The first-order chi connectivity index (χ1) is 15.2. The van der Waals surface area contributed by atoms with Crippen molar-refractivity contribution < 1.29 is 22.7 Å². The van der Waals surface area contributed by atoms with Gasteiger partial charge < -0.3 is 15.4 Å². The Hall–Kier alpha value is -3.23. The molecule has 170 valence electrons. The minimum absolute atomic E-state index is 0.0604. The van der Waals surface area contributed by atoms with E-state index in [2.05, 4.69) is 15.6 Å². The number of fused-ring (bicyclic) bond motifs is 1. The molecule has 1 aliphatic rings. The van der Waals surface area contributed by atoms with Crippen molar-refractivity contribution in [1.82, 2.24) is 14.7 Å². The van der Waals surface area contributed by atoms with Crippen LogP contribution in [0.1, 0.15) is 47.3 Å². The number of carbonyl (C=O) groups excluding carboxylic acids is 1. The van der Waals surface area contributed by atoms with Crippen LogP contribution in [0.5, 0.6) is 5.75 Å². The smallest absolute Gasteiger partial charge is 0.434 e. The number of aromatic nitrogens is 2. The largest absolute Gasteiger partial charge is 0.497 e. The summed E-state index contributed by atoms with van der Waals surface area (Å²) in [6.45, 7) is 1.83. The summed E-state index contributed by atoms with van der Waals surface area (Å²) in [5, 5.41) is 6.44. The highest BCUT2D eigenvalue weighted by atomic mass is 19.4. The molecule has 6 nitrogen and oxygen atoms in total. The van der Waals surface area contributed by atoms with Gasteiger partial charge >= 0.3 is 6.18 Å². The molecular formula is C23H25F3N4O2. The zero-order valence-electron chi connectivity index (χ0n) is 17.9. The monoisotopic (exact) mass is 446 g/mol. The number of halogens is 3. The topological polar surface area (TPSA) is 67.7 Å². The van der Waals surface area contributed by atoms with E-state index in [1.165, 1.54) is 4.40 Å². The molecule has 0 saturated heterocycles. The lowest BCUT2D eigenvalue weighted by molar-refractivity contribution is -0.140. The van der Waals surface area contributed by atoms with Gasteiger partial charge in [0.1, 0.15) is 17.2 Å². The number of ether oxygens (including phenoxy) is 1. The zero-order chi connectivity index (χ0) is 22.9. The number of nitrogens with one attached hydrogen (secondary N) is 2. The van der Waals surface area contributed by atoms with Crippen LogP contribution in [0.25, 0.3) is 5.65 Å². The summed E-state index contributed by atoms with van der Waals surface area (Å²) in [5.74, 6) is 1.16. The first kappa shape index (κ1) is 22.0. The number of hydrogen-bond donors (Lipinski definition) is 2. The number of carbonyl (C=O) groups is 1. The highest BCUT2D eigenvalue weighted by Gasteiger charge is 2.34. The normalized spacial score (nSPS) is 19.0. The van der Waals surface area contributed by atoms with Crippen molar-refractivity contribution in [2.45, 2.75) is 50.9 Å². The average molecular weight is 446 g/mol. The predicted octanol–water partition coefficient (Wildman–Crippen LogP) is 4.82. The third-order valence-corrected chi connectivity index (χ3v) is 5.77. The van der Waals surface area contributed by atoms with Crippen LogP contribution < -0.4 is 15.4 Å². The Bertz CT molecular complexity index is 1100. The molecule has 1 aliphatic carbocycles. The molecule has 2 aromatic heterocycles. The maximum atomic E-state index is 13.1. The van der Waals surface area contributed by atoms with E-state index in [9.17, 15) is 18.0 Å². The van der Waals surface area contributed by atoms with E-state index < -0.39 is 11.9 Å². The molecule has 0 unspecified atom stereocenters. The molecule has 4 rings (SSSR count). The Morgan fingerprint density at radius 1 is 1.09 bits per heavy atom. The number of benzene rings is 1. The third kappa shape index (κ3) is 4.81. The second-order valence-electron chi connectivity index (χ2n) is 8.16. The van der Waals surface area contributed by atoms with Crippen LogP contribution in [0.3, 0.4) is 0 Å². The molecule has 0 radical (unpaired) electrons. The number of methoxy groups -OCH3 is 1. The maximum absolute atomic E-state index is 13.1. The van der Waals surface area contributed by atoms with Crippen LogP contribution in [0.15, 0.2) is 42.6 Å².